The number of aromatic nitrogens is 1. The zero-order valence-corrected chi connectivity index (χ0v) is 14.6. The maximum atomic E-state index is 5.24. The summed E-state index contributed by atoms with van der Waals surface area (Å²) in [5.74, 6) is 0. The fourth-order valence-electron chi connectivity index (χ4n) is 4.55. The summed E-state index contributed by atoms with van der Waals surface area (Å²) in [5, 5.41) is 6.37. The lowest BCUT2D eigenvalue weighted by molar-refractivity contribution is 1.21. The second-order valence-corrected chi connectivity index (χ2v) is 7.24. The molecule has 1 aliphatic rings. The van der Waals surface area contributed by atoms with Crippen LogP contribution in [0.3, 0.4) is 0 Å². The highest BCUT2D eigenvalue weighted by atomic mass is 14.7. The summed E-state index contributed by atoms with van der Waals surface area (Å²) >= 11 is 0. The van der Waals surface area contributed by atoms with Crippen molar-refractivity contribution in [1.29, 1.82) is 0 Å². The maximum Gasteiger partial charge on any atom is 0.0790 e. The van der Waals surface area contributed by atoms with E-state index in [1.807, 2.05) is 0 Å². The van der Waals surface area contributed by atoms with Crippen molar-refractivity contribution in [3.63, 3.8) is 0 Å². The minimum Gasteiger partial charge on any atom is -0.247 e. The Morgan fingerprint density at radius 2 is 1.38 bits per heavy atom. The smallest absolute Gasteiger partial charge is 0.0790 e. The van der Waals surface area contributed by atoms with Gasteiger partial charge in [-0.05, 0) is 39.8 Å². The van der Waals surface area contributed by atoms with Crippen molar-refractivity contribution in [2.45, 2.75) is 13.3 Å². The number of hydrogen-bond acceptors (Lipinski definition) is 1. The van der Waals surface area contributed by atoms with Crippen molar-refractivity contribution < 1.29 is 0 Å². The maximum absolute atomic E-state index is 5.24. The summed E-state index contributed by atoms with van der Waals surface area (Å²) in [6.07, 6.45) is 0.983. The van der Waals surface area contributed by atoms with Gasteiger partial charge in [0.1, 0.15) is 0 Å². The zero-order chi connectivity index (χ0) is 17.3. The predicted molar refractivity (Wildman–Crippen MR) is 110 cm³/mol. The molecule has 0 N–H and O–H groups in total. The van der Waals surface area contributed by atoms with Crippen LogP contribution >= 0.6 is 0 Å². The van der Waals surface area contributed by atoms with E-state index in [0.717, 1.165) is 11.9 Å². The van der Waals surface area contributed by atoms with Crippen LogP contribution < -0.4 is 0 Å². The molecule has 6 rings (SSSR count). The summed E-state index contributed by atoms with van der Waals surface area (Å²) in [5.41, 5.74) is 7.79. The van der Waals surface area contributed by atoms with Crippen LogP contribution in [0.4, 0.5) is 0 Å². The van der Waals surface area contributed by atoms with Crippen LogP contribution in [0, 0.1) is 6.92 Å². The van der Waals surface area contributed by atoms with E-state index in [1.165, 1.54) is 54.9 Å². The molecule has 0 saturated heterocycles. The SMILES string of the molecule is Cc1c2c(nc3c1ccc1ccccc13)-c1c(ccc3ccccc13)C2. The molecule has 5 aromatic rings. The Morgan fingerprint density at radius 3 is 2.23 bits per heavy atom. The van der Waals surface area contributed by atoms with Crippen LogP contribution in [-0.2, 0) is 6.42 Å². The highest BCUT2D eigenvalue weighted by Gasteiger charge is 2.25. The van der Waals surface area contributed by atoms with E-state index in [-0.39, 0.29) is 0 Å². The molecule has 0 fully saturated rings. The van der Waals surface area contributed by atoms with E-state index in [0.29, 0.717) is 0 Å². The van der Waals surface area contributed by atoms with Crippen molar-refractivity contribution in [1.82, 2.24) is 4.98 Å². The van der Waals surface area contributed by atoms with Gasteiger partial charge in [0.15, 0.2) is 0 Å². The number of benzene rings is 4. The van der Waals surface area contributed by atoms with Gasteiger partial charge >= 0.3 is 0 Å². The van der Waals surface area contributed by atoms with Gasteiger partial charge in [-0.25, -0.2) is 4.98 Å². The molecule has 122 valence electrons. The van der Waals surface area contributed by atoms with Crippen LogP contribution in [0.15, 0.2) is 72.8 Å². The molecule has 0 radical (unpaired) electrons. The minimum absolute atomic E-state index is 0.983. The number of fused-ring (bicyclic) bond motifs is 8. The van der Waals surface area contributed by atoms with Crippen molar-refractivity contribution in [3.8, 4) is 11.3 Å². The summed E-state index contributed by atoms with van der Waals surface area (Å²) in [7, 11) is 0. The molecule has 26 heavy (non-hydrogen) atoms. The van der Waals surface area contributed by atoms with Gasteiger partial charge in [-0.15, -0.1) is 0 Å². The topological polar surface area (TPSA) is 12.9 Å². The molecule has 1 heteroatoms. The summed E-state index contributed by atoms with van der Waals surface area (Å²) in [6, 6.07) is 26.2. The van der Waals surface area contributed by atoms with Gasteiger partial charge in [0.25, 0.3) is 0 Å². The third kappa shape index (κ3) is 1.72. The lowest BCUT2D eigenvalue weighted by Crippen LogP contribution is -1.94. The van der Waals surface area contributed by atoms with Gasteiger partial charge in [-0.3, -0.25) is 0 Å². The highest BCUT2D eigenvalue weighted by molar-refractivity contribution is 6.09. The molecule has 0 unspecified atom stereocenters. The van der Waals surface area contributed by atoms with Crippen LogP contribution in [0.1, 0.15) is 16.7 Å². The monoisotopic (exact) mass is 331 g/mol. The normalized spacial score (nSPS) is 12.7. The second-order valence-electron chi connectivity index (χ2n) is 7.24. The van der Waals surface area contributed by atoms with Gasteiger partial charge in [-0.1, -0.05) is 72.8 Å². The first-order chi connectivity index (χ1) is 12.8. The molecular formula is C25H17N. The van der Waals surface area contributed by atoms with E-state index in [1.54, 1.807) is 0 Å². The molecule has 0 saturated carbocycles. The number of hydrogen-bond donors (Lipinski definition) is 0. The van der Waals surface area contributed by atoms with E-state index in [2.05, 4.69) is 79.7 Å². The largest absolute Gasteiger partial charge is 0.247 e. The Kier molecular flexibility index (Phi) is 2.66. The highest BCUT2D eigenvalue weighted by Crippen LogP contribution is 2.43. The first kappa shape index (κ1) is 14.0. The molecular weight excluding hydrogens is 314 g/mol. The standard InChI is InChI=1S/C25H17N/c1-15-19-13-12-17-7-3-5-9-21(17)24(19)26-25-22(15)14-18-11-10-16-6-2-4-8-20(16)23(18)25/h2-13H,14H2,1H3. The molecule has 0 bridgehead atoms. The lowest BCUT2D eigenvalue weighted by Gasteiger charge is -2.12. The Morgan fingerprint density at radius 1 is 0.692 bits per heavy atom. The second kappa shape index (κ2) is 4.92. The quantitative estimate of drug-likeness (QED) is 0.293. The van der Waals surface area contributed by atoms with Crippen molar-refractivity contribution in [3.05, 3.63) is 89.5 Å². The number of nitrogens with zero attached hydrogens (tertiary/aromatic N) is 1. The number of aryl methyl sites for hydroxylation is 1. The number of rotatable bonds is 0. The van der Waals surface area contributed by atoms with Gasteiger partial charge in [0.2, 0.25) is 0 Å². The molecule has 0 spiro atoms. The molecule has 1 aromatic heterocycles. The molecule has 0 aliphatic heterocycles. The molecule has 0 amide bonds. The lowest BCUT2D eigenvalue weighted by atomic mass is 9.97. The van der Waals surface area contributed by atoms with Crippen molar-refractivity contribution >= 4 is 32.4 Å². The van der Waals surface area contributed by atoms with Crippen molar-refractivity contribution in [2.75, 3.05) is 0 Å². The van der Waals surface area contributed by atoms with Gasteiger partial charge in [-0.2, -0.15) is 0 Å². The van der Waals surface area contributed by atoms with Gasteiger partial charge in [0.05, 0.1) is 11.2 Å². The van der Waals surface area contributed by atoms with Crippen LogP contribution in [0.25, 0.3) is 43.7 Å². The minimum atomic E-state index is 0.983. The fraction of sp³-hybridized carbons (Fsp3) is 0.0800. The van der Waals surface area contributed by atoms with E-state index >= 15 is 0 Å². The third-order valence-electron chi connectivity index (χ3n) is 5.89. The summed E-state index contributed by atoms with van der Waals surface area (Å²) in [6.45, 7) is 2.26. The van der Waals surface area contributed by atoms with E-state index in [9.17, 15) is 0 Å². The van der Waals surface area contributed by atoms with Crippen LogP contribution in [0.5, 0.6) is 0 Å². The predicted octanol–water partition coefficient (Wildman–Crippen LogP) is 6.42. The Balaban J connectivity index is 1.80. The van der Waals surface area contributed by atoms with E-state index < -0.39 is 0 Å². The van der Waals surface area contributed by atoms with Crippen molar-refractivity contribution in [2.24, 2.45) is 0 Å². The molecule has 4 aromatic carbocycles. The molecule has 1 nitrogen and oxygen atoms in total. The number of pyridine rings is 1. The van der Waals surface area contributed by atoms with Gasteiger partial charge < -0.3 is 0 Å². The summed E-state index contributed by atoms with van der Waals surface area (Å²) in [4.78, 5) is 5.24. The Hall–Kier alpha value is -3.19. The van der Waals surface area contributed by atoms with Gasteiger partial charge in [0, 0.05) is 22.8 Å². The third-order valence-corrected chi connectivity index (χ3v) is 5.89. The zero-order valence-electron chi connectivity index (χ0n) is 14.6. The summed E-state index contributed by atoms with van der Waals surface area (Å²) < 4.78 is 0. The average Bonchev–Trinajstić information content (AvgIpc) is 3.07. The average molecular weight is 331 g/mol. The van der Waals surface area contributed by atoms with E-state index in [4.69, 9.17) is 4.98 Å². The molecule has 1 heterocycles. The van der Waals surface area contributed by atoms with Crippen LogP contribution in [0.2, 0.25) is 0 Å². The Bertz CT molecular complexity index is 1360. The molecule has 1 aliphatic carbocycles. The van der Waals surface area contributed by atoms with Crippen LogP contribution in [-0.4, -0.2) is 4.98 Å². The first-order valence-corrected chi connectivity index (χ1v) is 9.13. The fourth-order valence-corrected chi connectivity index (χ4v) is 4.55. The molecule has 0 atom stereocenters. The first-order valence-electron chi connectivity index (χ1n) is 9.13. The Labute approximate surface area is 151 Å².